The van der Waals surface area contributed by atoms with Crippen molar-refractivity contribution < 1.29 is 4.74 Å². The molecule has 0 atom stereocenters. The van der Waals surface area contributed by atoms with Gasteiger partial charge in [0.2, 0.25) is 5.88 Å². The van der Waals surface area contributed by atoms with E-state index in [1.54, 1.807) is 0 Å². The molecule has 106 valence electrons. The van der Waals surface area contributed by atoms with Gasteiger partial charge in [-0.3, -0.25) is 0 Å². The standard InChI is InChI=1S/C16H19BrN2O/c1-4-18-10-13-6-8-16(19-12(13)3)20-15-7-5-11(2)9-14(15)17/h5-9,18H,4,10H2,1-3H3. The molecule has 2 aromatic rings. The Morgan fingerprint density at radius 1 is 1.20 bits per heavy atom. The zero-order valence-electron chi connectivity index (χ0n) is 12.0. The van der Waals surface area contributed by atoms with Gasteiger partial charge in [-0.15, -0.1) is 0 Å². The van der Waals surface area contributed by atoms with E-state index in [9.17, 15) is 0 Å². The predicted octanol–water partition coefficient (Wildman–Crippen LogP) is 4.36. The number of rotatable bonds is 5. The van der Waals surface area contributed by atoms with Crippen LogP contribution in [0.25, 0.3) is 0 Å². The van der Waals surface area contributed by atoms with Crippen molar-refractivity contribution in [2.24, 2.45) is 0 Å². The second-order valence-corrected chi connectivity index (χ2v) is 5.56. The number of halogens is 1. The van der Waals surface area contributed by atoms with E-state index < -0.39 is 0 Å². The molecule has 0 fully saturated rings. The number of benzene rings is 1. The molecule has 4 heteroatoms. The first-order valence-electron chi connectivity index (χ1n) is 6.71. The van der Waals surface area contributed by atoms with E-state index in [-0.39, 0.29) is 0 Å². The minimum atomic E-state index is 0.618. The van der Waals surface area contributed by atoms with E-state index in [1.165, 1.54) is 11.1 Å². The first kappa shape index (κ1) is 15.0. The molecule has 0 saturated heterocycles. The van der Waals surface area contributed by atoms with Crippen molar-refractivity contribution in [2.75, 3.05) is 6.54 Å². The zero-order chi connectivity index (χ0) is 14.5. The number of ether oxygens (including phenoxy) is 1. The highest BCUT2D eigenvalue weighted by Gasteiger charge is 2.06. The first-order chi connectivity index (χ1) is 9.60. The normalized spacial score (nSPS) is 10.6. The molecule has 1 aromatic carbocycles. The summed E-state index contributed by atoms with van der Waals surface area (Å²) in [5.41, 5.74) is 3.38. The Labute approximate surface area is 128 Å². The predicted molar refractivity (Wildman–Crippen MR) is 85.3 cm³/mol. The average molecular weight is 335 g/mol. The molecule has 0 spiro atoms. The van der Waals surface area contributed by atoms with Gasteiger partial charge in [-0.1, -0.05) is 19.1 Å². The van der Waals surface area contributed by atoms with Crippen LogP contribution in [0.3, 0.4) is 0 Å². The van der Waals surface area contributed by atoms with Gasteiger partial charge in [0.1, 0.15) is 5.75 Å². The molecule has 0 saturated carbocycles. The van der Waals surface area contributed by atoms with Crippen molar-refractivity contribution in [1.82, 2.24) is 10.3 Å². The van der Waals surface area contributed by atoms with Crippen molar-refractivity contribution in [3.8, 4) is 11.6 Å². The Bertz CT molecular complexity index is 599. The molecule has 0 aliphatic carbocycles. The molecule has 0 bridgehead atoms. The lowest BCUT2D eigenvalue weighted by Gasteiger charge is -2.10. The van der Waals surface area contributed by atoms with Crippen molar-refractivity contribution >= 4 is 15.9 Å². The summed E-state index contributed by atoms with van der Waals surface area (Å²) in [6.07, 6.45) is 0. The van der Waals surface area contributed by atoms with Gasteiger partial charge in [0.15, 0.2) is 0 Å². The minimum Gasteiger partial charge on any atom is -0.438 e. The Hall–Kier alpha value is -1.39. The maximum absolute atomic E-state index is 5.83. The van der Waals surface area contributed by atoms with E-state index in [1.807, 2.05) is 38.1 Å². The molecule has 3 nitrogen and oxygen atoms in total. The molecule has 0 aliphatic rings. The van der Waals surface area contributed by atoms with Gasteiger partial charge in [0.25, 0.3) is 0 Å². The number of hydrogen-bond donors (Lipinski definition) is 1. The quantitative estimate of drug-likeness (QED) is 0.881. The third-order valence-electron chi connectivity index (χ3n) is 3.04. The number of nitrogens with zero attached hydrogens (tertiary/aromatic N) is 1. The molecule has 0 radical (unpaired) electrons. The van der Waals surface area contributed by atoms with Gasteiger partial charge in [-0.25, -0.2) is 4.98 Å². The molecule has 0 amide bonds. The summed E-state index contributed by atoms with van der Waals surface area (Å²) in [6.45, 7) is 7.93. The maximum Gasteiger partial charge on any atom is 0.219 e. The van der Waals surface area contributed by atoms with Gasteiger partial charge >= 0.3 is 0 Å². The van der Waals surface area contributed by atoms with Crippen LogP contribution < -0.4 is 10.1 Å². The van der Waals surface area contributed by atoms with Gasteiger partial charge in [0, 0.05) is 18.3 Å². The molecule has 1 N–H and O–H groups in total. The van der Waals surface area contributed by atoms with Gasteiger partial charge in [-0.2, -0.15) is 0 Å². The third kappa shape index (κ3) is 3.81. The molecule has 1 heterocycles. The Kier molecular flexibility index (Phi) is 5.15. The number of pyridine rings is 1. The molecule has 2 rings (SSSR count). The lowest BCUT2D eigenvalue weighted by molar-refractivity contribution is 0.458. The van der Waals surface area contributed by atoms with Crippen LogP contribution in [-0.2, 0) is 6.54 Å². The van der Waals surface area contributed by atoms with E-state index in [4.69, 9.17) is 4.74 Å². The highest BCUT2D eigenvalue weighted by atomic mass is 79.9. The summed E-state index contributed by atoms with van der Waals surface area (Å²) in [6, 6.07) is 9.96. The van der Waals surface area contributed by atoms with E-state index in [0.29, 0.717) is 5.88 Å². The van der Waals surface area contributed by atoms with Crippen LogP contribution in [0.5, 0.6) is 11.6 Å². The largest absolute Gasteiger partial charge is 0.438 e. The van der Waals surface area contributed by atoms with E-state index >= 15 is 0 Å². The number of aromatic nitrogens is 1. The highest BCUT2D eigenvalue weighted by molar-refractivity contribution is 9.10. The van der Waals surface area contributed by atoms with E-state index in [0.717, 1.165) is 29.0 Å². The fourth-order valence-corrected chi connectivity index (χ4v) is 2.45. The maximum atomic E-state index is 5.83. The van der Waals surface area contributed by atoms with E-state index in [2.05, 4.69) is 39.2 Å². The Morgan fingerprint density at radius 2 is 2.00 bits per heavy atom. The monoisotopic (exact) mass is 334 g/mol. The van der Waals surface area contributed by atoms with Crippen LogP contribution in [-0.4, -0.2) is 11.5 Å². The Morgan fingerprint density at radius 3 is 2.65 bits per heavy atom. The van der Waals surface area contributed by atoms with Crippen molar-refractivity contribution in [3.05, 3.63) is 51.6 Å². The summed E-state index contributed by atoms with van der Waals surface area (Å²) in [4.78, 5) is 4.50. The van der Waals surface area contributed by atoms with Crippen molar-refractivity contribution in [2.45, 2.75) is 27.3 Å². The second kappa shape index (κ2) is 6.86. The molecule has 0 unspecified atom stereocenters. The zero-order valence-corrected chi connectivity index (χ0v) is 13.6. The van der Waals surface area contributed by atoms with Crippen LogP contribution in [0.2, 0.25) is 0 Å². The third-order valence-corrected chi connectivity index (χ3v) is 3.66. The van der Waals surface area contributed by atoms with Crippen molar-refractivity contribution in [1.29, 1.82) is 0 Å². The summed E-state index contributed by atoms with van der Waals surface area (Å²) in [5.74, 6) is 1.40. The van der Waals surface area contributed by atoms with Crippen LogP contribution in [0.15, 0.2) is 34.8 Å². The summed E-state index contributed by atoms with van der Waals surface area (Å²) >= 11 is 3.51. The second-order valence-electron chi connectivity index (χ2n) is 4.71. The van der Waals surface area contributed by atoms with Crippen LogP contribution in [0.1, 0.15) is 23.7 Å². The molecule has 0 aliphatic heterocycles. The summed E-state index contributed by atoms with van der Waals surface area (Å²) < 4.78 is 6.76. The molecule has 1 aromatic heterocycles. The summed E-state index contributed by atoms with van der Waals surface area (Å²) in [7, 11) is 0. The highest BCUT2D eigenvalue weighted by Crippen LogP contribution is 2.29. The van der Waals surface area contributed by atoms with Crippen LogP contribution in [0.4, 0.5) is 0 Å². The van der Waals surface area contributed by atoms with Crippen molar-refractivity contribution in [3.63, 3.8) is 0 Å². The molecular weight excluding hydrogens is 316 g/mol. The van der Waals surface area contributed by atoms with Gasteiger partial charge in [-0.05, 0) is 59.6 Å². The fraction of sp³-hybridized carbons (Fsp3) is 0.312. The number of hydrogen-bond acceptors (Lipinski definition) is 3. The number of nitrogens with one attached hydrogen (secondary N) is 1. The van der Waals surface area contributed by atoms with Crippen LogP contribution in [0, 0.1) is 13.8 Å². The molecule has 20 heavy (non-hydrogen) atoms. The Balaban J connectivity index is 2.15. The average Bonchev–Trinajstić information content (AvgIpc) is 2.41. The fourth-order valence-electron chi connectivity index (χ4n) is 1.87. The summed E-state index contributed by atoms with van der Waals surface area (Å²) in [5, 5.41) is 3.30. The first-order valence-corrected chi connectivity index (χ1v) is 7.50. The van der Waals surface area contributed by atoms with Crippen LogP contribution >= 0.6 is 15.9 Å². The minimum absolute atomic E-state index is 0.618. The van der Waals surface area contributed by atoms with Gasteiger partial charge < -0.3 is 10.1 Å². The smallest absolute Gasteiger partial charge is 0.219 e. The topological polar surface area (TPSA) is 34.1 Å². The number of aryl methyl sites for hydroxylation is 2. The van der Waals surface area contributed by atoms with Gasteiger partial charge in [0.05, 0.1) is 4.47 Å². The lowest BCUT2D eigenvalue weighted by atomic mass is 10.2. The lowest BCUT2D eigenvalue weighted by Crippen LogP contribution is -2.13. The SMILES string of the molecule is CCNCc1ccc(Oc2ccc(C)cc2Br)nc1C. The molecular formula is C16H19BrN2O.